The molecule has 2 aromatic carbocycles. The third kappa shape index (κ3) is 3.12. The van der Waals surface area contributed by atoms with E-state index in [2.05, 4.69) is 10.3 Å². The molecule has 23 heavy (non-hydrogen) atoms. The van der Waals surface area contributed by atoms with Gasteiger partial charge in [-0.25, -0.2) is 4.98 Å². The highest BCUT2D eigenvalue weighted by molar-refractivity contribution is 7.22. The van der Waals surface area contributed by atoms with Crippen LogP contribution in [0.2, 0.25) is 10.0 Å². The Balaban J connectivity index is 1.88. The number of carbonyl (C=O) groups excluding carboxylic acids is 1. The van der Waals surface area contributed by atoms with Gasteiger partial charge in [0.25, 0.3) is 11.6 Å². The first-order valence-corrected chi connectivity index (χ1v) is 7.83. The summed E-state index contributed by atoms with van der Waals surface area (Å²) in [6.45, 7) is 0. The molecule has 0 saturated heterocycles. The van der Waals surface area contributed by atoms with E-state index in [1.54, 1.807) is 12.1 Å². The predicted octanol–water partition coefficient (Wildman–Crippen LogP) is 4.76. The maximum atomic E-state index is 12.2. The fourth-order valence-electron chi connectivity index (χ4n) is 1.93. The number of rotatable bonds is 3. The number of non-ortho nitro benzene ring substituents is 1. The van der Waals surface area contributed by atoms with Crippen LogP contribution >= 0.6 is 34.5 Å². The van der Waals surface area contributed by atoms with Gasteiger partial charge in [0.15, 0.2) is 5.13 Å². The summed E-state index contributed by atoms with van der Waals surface area (Å²) >= 11 is 13.2. The number of amides is 1. The second kappa shape index (κ2) is 6.11. The minimum atomic E-state index is -0.580. The molecule has 0 radical (unpaired) electrons. The molecule has 0 fully saturated rings. The molecule has 1 N–H and O–H groups in total. The molecule has 0 saturated carbocycles. The number of anilines is 1. The summed E-state index contributed by atoms with van der Waals surface area (Å²) in [5, 5.41) is 14.2. The Labute approximate surface area is 143 Å². The van der Waals surface area contributed by atoms with Crippen molar-refractivity contribution in [2.45, 2.75) is 0 Å². The zero-order valence-corrected chi connectivity index (χ0v) is 13.6. The number of thiazole rings is 1. The average Bonchev–Trinajstić information content (AvgIpc) is 2.90. The lowest BCUT2D eigenvalue weighted by Crippen LogP contribution is -2.12. The summed E-state index contributed by atoms with van der Waals surface area (Å²) in [6.07, 6.45) is 0. The molecule has 3 rings (SSSR count). The number of nitro groups is 1. The fourth-order valence-corrected chi connectivity index (χ4v) is 3.36. The Morgan fingerprint density at radius 3 is 2.65 bits per heavy atom. The Bertz CT molecular complexity index is 942. The van der Waals surface area contributed by atoms with E-state index < -0.39 is 10.8 Å². The number of fused-ring (bicyclic) bond motifs is 1. The summed E-state index contributed by atoms with van der Waals surface area (Å²) in [5.74, 6) is -0.500. The smallest absolute Gasteiger partial charge is 0.270 e. The van der Waals surface area contributed by atoms with E-state index in [-0.39, 0.29) is 16.3 Å². The highest BCUT2D eigenvalue weighted by Crippen LogP contribution is 2.31. The fraction of sp³-hybridized carbons (Fsp3) is 0. The van der Waals surface area contributed by atoms with E-state index in [1.807, 2.05) is 6.07 Å². The van der Waals surface area contributed by atoms with E-state index in [1.165, 1.54) is 23.5 Å². The summed E-state index contributed by atoms with van der Waals surface area (Å²) in [7, 11) is 0. The van der Waals surface area contributed by atoms with E-state index in [0.717, 1.165) is 10.8 Å². The molecular weight excluding hydrogens is 361 g/mol. The van der Waals surface area contributed by atoms with Gasteiger partial charge in [-0.1, -0.05) is 40.6 Å². The van der Waals surface area contributed by atoms with Crippen LogP contribution in [-0.2, 0) is 0 Å². The molecule has 6 nitrogen and oxygen atoms in total. The molecular formula is C14H7Cl2N3O3S. The molecule has 0 spiro atoms. The molecule has 0 aliphatic rings. The maximum Gasteiger partial charge on any atom is 0.270 e. The van der Waals surface area contributed by atoms with Gasteiger partial charge in [0.05, 0.1) is 25.2 Å². The summed E-state index contributed by atoms with van der Waals surface area (Å²) in [6, 6.07) is 9.00. The number of nitrogens with one attached hydrogen (secondary N) is 1. The largest absolute Gasteiger partial charge is 0.298 e. The molecule has 0 aliphatic carbocycles. The van der Waals surface area contributed by atoms with Crippen molar-refractivity contribution in [1.29, 1.82) is 0 Å². The summed E-state index contributed by atoms with van der Waals surface area (Å²) in [5.41, 5.74) is 0.546. The van der Waals surface area contributed by atoms with Gasteiger partial charge >= 0.3 is 0 Å². The zero-order chi connectivity index (χ0) is 16.6. The molecule has 0 atom stereocenters. The van der Waals surface area contributed by atoms with Gasteiger partial charge in [0.1, 0.15) is 5.52 Å². The molecule has 3 aromatic rings. The lowest BCUT2D eigenvalue weighted by atomic mass is 10.2. The van der Waals surface area contributed by atoms with Crippen LogP contribution in [0.5, 0.6) is 0 Å². The standard InChI is InChI=1S/C14H7Cl2N3O3S/c15-9-2-1-3-11-12(9)17-14(23-11)18-13(20)8-5-4-7(19(21)22)6-10(8)16/h1-6H,(H,17,18,20). The minimum Gasteiger partial charge on any atom is -0.298 e. The molecule has 9 heteroatoms. The number of carbonyl (C=O) groups is 1. The Hall–Kier alpha value is -2.22. The lowest BCUT2D eigenvalue weighted by Gasteiger charge is -2.03. The first kappa shape index (κ1) is 15.7. The lowest BCUT2D eigenvalue weighted by molar-refractivity contribution is -0.384. The van der Waals surface area contributed by atoms with Crippen molar-refractivity contribution in [3.05, 3.63) is 62.1 Å². The summed E-state index contributed by atoms with van der Waals surface area (Å²) < 4.78 is 0.836. The van der Waals surface area contributed by atoms with Crippen LogP contribution in [0.3, 0.4) is 0 Å². The van der Waals surface area contributed by atoms with Gasteiger partial charge in [-0.3, -0.25) is 20.2 Å². The number of hydrogen-bond donors (Lipinski definition) is 1. The normalized spacial score (nSPS) is 10.7. The highest BCUT2D eigenvalue weighted by atomic mass is 35.5. The van der Waals surface area contributed by atoms with Crippen molar-refractivity contribution < 1.29 is 9.72 Å². The van der Waals surface area contributed by atoms with Gasteiger partial charge in [-0.15, -0.1) is 0 Å². The van der Waals surface area contributed by atoms with Gasteiger partial charge in [0.2, 0.25) is 0 Å². The topological polar surface area (TPSA) is 85.1 Å². The number of nitro benzene ring substituents is 1. The molecule has 116 valence electrons. The molecule has 0 unspecified atom stereocenters. The van der Waals surface area contributed by atoms with Crippen LogP contribution in [0.1, 0.15) is 10.4 Å². The average molecular weight is 368 g/mol. The monoisotopic (exact) mass is 367 g/mol. The number of nitrogens with zero attached hydrogens (tertiary/aromatic N) is 2. The van der Waals surface area contributed by atoms with Crippen molar-refractivity contribution in [3.8, 4) is 0 Å². The number of benzene rings is 2. The Morgan fingerprint density at radius 2 is 2.00 bits per heavy atom. The van der Waals surface area contributed by atoms with E-state index in [9.17, 15) is 14.9 Å². The van der Waals surface area contributed by atoms with Gasteiger partial charge in [-0.2, -0.15) is 0 Å². The second-order valence-electron chi connectivity index (χ2n) is 4.48. The Morgan fingerprint density at radius 1 is 1.22 bits per heavy atom. The number of aromatic nitrogens is 1. The van der Waals surface area contributed by atoms with Crippen molar-refractivity contribution in [2.24, 2.45) is 0 Å². The van der Waals surface area contributed by atoms with Crippen LogP contribution in [0.25, 0.3) is 10.2 Å². The third-order valence-electron chi connectivity index (χ3n) is 3.00. The second-order valence-corrected chi connectivity index (χ2v) is 6.33. The highest BCUT2D eigenvalue weighted by Gasteiger charge is 2.16. The SMILES string of the molecule is O=C(Nc1nc2c(Cl)cccc2s1)c1ccc([N+](=O)[O-])cc1Cl. The Kier molecular flexibility index (Phi) is 4.16. The van der Waals surface area contributed by atoms with E-state index in [4.69, 9.17) is 23.2 Å². The van der Waals surface area contributed by atoms with Gasteiger partial charge < -0.3 is 0 Å². The molecule has 1 amide bonds. The number of hydrogen-bond acceptors (Lipinski definition) is 5. The number of halogens is 2. The molecule has 0 aliphatic heterocycles. The van der Waals surface area contributed by atoms with Crippen molar-refractivity contribution >= 4 is 61.5 Å². The quantitative estimate of drug-likeness (QED) is 0.533. The zero-order valence-electron chi connectivity index (χ0n) is 11.2. The first-order chi connectivity index (χ1) is 11.0. The summed E-state index contributed by atoms with van der Waals surface area (Å²) in [4.78, 5) is 26.6. The van der Waals surface area contributed by atoms with Gasteiger partial charge in [-0.05, 0) is 18.2 Å². The van der Waals surface area contributed by atoms with Crippen LogP contribution in [0.4, 0.5) is 10.8 Å². The minimum absolute atomic E-state index is 0.00385. The van der Waals surface area contributed by atoms with Crippen molar-refractivity contribution in [1.82, 2.24) is 4.98 Å². The maximum absolute atomic E-state index is 12.2. The molecule has 1 heterocycles. The predicted molar refractivity (Wildman–Crippen MR) is 90.7 cm³/mol. The van der Waals surface area contributed by atoms with Crippen LogP contribution in [-0.4, -0.2) is 15.8 Å². The third-order valence-corrected chi connectivity index (χ3v) is 4.55. The van der Waals surface area contributed by atoms with Crippen molar-refractivity contribution in [3.63, 3.8) is 0 Å². The van der Waals surface area contributed by atoms with Crippen molar-refractivity contribution in [2.75, 3.05) is 5.32 Å². The first-order valence-electron chi connectivity index (χ1n) is 6.26. The van der Waals surface area contributed by atoms with E-state index in [0.29, 0.717) is 15.7 Å². The van der Waals surface area contributed by atoms with Crippen LogP contribution < -0.4 is 5.32 Å². The van der Waals surface area contributed by atoms with Crippen LogP contribution in [0, 0.1) is 10.1 Å². The van der Waals surface area contributed by atoms with E-state index >= 15 is 0 Å². The molecule has 0 bridgehead atoms. The number of para-hydroxylation sites is 1. The van der Waals surface area contributed by atoms with Crippen LogP contribution in [0.15, 0.2) is 36.4 Å². The van der Waals surface area contributed by atoms with Gasteiger partial charge in [0, 0.05) is 12.1 Å². The molecule has 1 aromatic heterocycles.